The van der Waals surface area contributed by atoms with Gasteiger partial charge in [0.2, 0.25) is 0 Å². The number of carbonyl (C=O) groups is 1. The van der Waals surface area contributed by atoms with E-state index in [0.29, 0.717) is 12.3 Å². The average molecular weight is 366 g/mol. The van der Waals surface area contributed by atoms with E-state index in [4.69, 9.17) is 9.47 Å². The summed E-state index contributed by atoms with van der Waals surface area (Å²) in [4.78, 5) is 23.7. The van der Waals surface area contributed by atoms with E-state index in [0.717, 1.165) is 10.8 Å². The minimum absolute atomic E-state index is 0.0998. The van der Waals surface area contributed by atoms with Crippen molar-refractivity contribution in [1.29, 1.82) is 0 Å². The molecule has 7 heteroatoms. The lowest BCUT2D eigenvalue weighted by atomic mass is 10.1. The topological polar surface area (TPSA) is 90.7 Å². The lowest BCUT2D eigenvalue weighted by Gasteiger charge is -2.13. The van der Waals surface area contributed by atoms with Crippen molar-refractivity contribution in [3.05, 3.63) is 70.3 Å². The van der Waals surface area contributed by atoms with Gasteiger partial charge >= 0.3 is 0 Å². The van der Waals surface area contributed by atoms with Crippen molar-refractivity contribution in [2.75, 3.05) is 19.0 Å². The lowest BCUT2D eigenvalue weighted by molar-refractivity contribution is -0.385. The standard InChI is InChI=1S/C20H18N2O5/c1-3-27-19-11-15(17(22(24)25)12-18(19)26-2)20(23)21-16-10-6-8-13-7-4-5-9-14(13)16/h4-12H,3H2,1-2H3,(H,21,23). The van der Waals surface area contributed by atoms with Crippen LogP contribution in [0.4, 0.5) is 11.4 Å². The SMILES string of the molecule is CCOc1cc(C(=O)Nc2cccc3ccccc23)c([N+](=O)[O-])cc1OC. The number of rotatable bonds is 6. The van der Waals surface area contributed by atoms with Gasteiger partial charge in [0, 0.05) is 17.1 Å². The minimum atomic E-state index is -0.615. The van der Waals surface area contributed by atoms with E-state index in [9.17, 15) is 14.9 Å². The number of hydrogen-bond donors (Lipinski definition) is 1. The number of carbonyl (C=O) groups excluding carboxylic acids is 1. The molecule has 3 aromatic rings. The monoisotopic (exact) mass is 366 g/mol. The smallest absolute Gasteiger partial charge is 0.286 e. The molecule has 0 aliphatic rings. The van der Waals surface area contributed by atoms with Crippen molar-refractivity contribution in [1.82, 2.24) is 0 Å². The molecule has 1 amide bonds. The summed E-state index contributed by atoms with van der Waals surface area (Å²) in [6.45, 7) is 2.11. The van der Waals surface area contributed by atoms with Crippen LogP contribution in [-0.2, 0) is 0 Å². The van der Waals surface area contributed by atoms with E-state index in [1.54, 1.807) is 13.0 Å². The van der Waals surface area contributed by atoms with Crippen LogP contribution < -0.4 is 14.8 Å². The molecule has 0 saturated carbocycles. The van der Waals surface area contributed by atoms with Gasteiger partial charge < -0.3 is 14.8 Å². The first kappa shape index (κ1) is 18.2. The first-order chi connectivity index (χ1) is 13.0. The molecule has 0 atom stereocenters. The van der Waals surface area contributed by atoms with Crippen LogP contribution in [0.5, 0.6) is 11.5 Å². The van der Waals surface area contributed by atoms with Crippen LogP contribution in [0.25, 0.3) is 10.8 Å². The number of hydrogen-bond acceptors (Lipinski definition) is 5. The number of fused-ring (bicyclic) bond motifs is 1. The van der Waals surface area contributed by atoms with Crippen molar-refractivity contribution in [2.45, 2.75) is 6.92 Å². The molecule has 0 aliphatic heterocycles. The Hall–Kier alpha value is -3.61. The molecule has 0 saturated heterocycles. The van der Waals surface area contributed by atoms with Crippen LogP contribution in [0.3, 0.4) is 0 Å². The number of nitrogens with one attached hydrogen (secondary N) is 1. The highest BCUT2D eigenvalue weighted by molar-refractivity contribution is 6.11. The number of nitro benzene ring substituents is 1. The molecule has 0 aromatic heterocycles. The van der Waals surface area contributed by atoms with Gasteiger partial charge in [-0.3, -0.25) is 14.9 Å². The van der Waals surface area contributed by atoms with Crippen LogP contribution in [0.15, 0.2) is 54.6 Å². The van der Waals surface area contributed by atoms with Crippen molar-refractivity contribution in [3.8, 4) is 11.5 Å². The summed E-state index contributed by atoms with van der Waals surface area (Å²) in [5.41, 5.74) is 0.117. The maximum atomic E-state index is 12.8. The van der Waals surface area contributed by atoms with Gasteiger partial charge in [0.15, 0.2) is 11.5 Å². The molecule has 0 radical (unpaired) electrons. The van der Waals surface area contributed by atoms with Crippen molar-refractivity contribution >= 4 is 28.1 Å². The van der Waals surface area contributed by atoms with Crippen molar-refractivity contribution in [3.63, 3.8) is 0 Å². The average Bonchev–Trinajstić information content (AvgIpc) is 2.68. The van der Waals surface area contributed by atoms with Gasteiger partial charge in [-0.2, -0.15) is 0 Å². The normalized spacial score (nSPS) is 10.4. The molecule has 0 heterocycles. The number of benzene rings is 3. The third-order valence-electron chi connectivity index (χ3n) is 4.06. The van der Waals surface area contributed by atoms with Crippen LogP contribution >= 0.6 is 0 Å². The van der Waals surface area contributed by atoms with Gasteiger partial charge in [-0.15, -0.1) is 0 Å². The van der Waals surface area contributed by atoms with Gasteiger partial charge in [0.25, 0.3) is 11.6 Å². The van der Waals surface area contributed by atoms with Crippen LogP contribution in [0.2, 0.25) is 0 Å². The zero-order valence-electron chi connectivity index (χ0n) is 14.9. The van der Waals surface area contributed by atoms with Gasteiger partial charge in [-0.05, 0) is 18.4 Å². The number of methoxy groups -OCH3 is 1. The largest absolute Gasteiger partial charge is 0.493 e. The van der Waals surface area contributed by atoms with Gasteiger partial charge in [-0.1, -0.05) is 36.4 Å². The van der Waals surface area contributed by atoms with E-state index in [-0.39, 0.29) is 22.7 Å². The number of nitrogens with zero attached hydrogens (tertiary/aromatic N) is 1. The zero-order chi connectivity index (χ0) is 19.4. The first-order valence-electron chi connectivity index (χ1n) is 8.33. The van der Waals surface area contributed by atoms with E-state index >= 15 is 0 Å². The van der Waals surface area contributed by atoms with Gasteiger partial charge in [0.1, 0.15) is 5.56 Å². The quantitative estimate of drug-likeness (QED) is 0.515. The number of anilines is 1. The summed E-state index contributed by atoms with van der Waals surface area (Å²) < 4.78 is 10.6. The van der Waals surface area contributed by atoms with E-state index in [1.165, 1.54) is 19.2 Å². The Morgan fingerprint density at radius 1 is 1.11 bits per heavy atom. The van der Waals surface area contributed by atoms with Gasteiger partial charge in [0.05, 0.1) is 24.7 Å². The molecule has 0 bridgehead atoms. The molecule has 0 unspecified atom stereocenters. The summed E-state index contributed by atoms with van der Waals surface area (Å²) in [5, 5.41) is 16.0. The molecule has 0 aliphatic carbocycles. The Bertz CT molecular complexity index is 1010. The van der Waals surface area contributed by atoms with Crippen molar-refractivity contribution in [2.24, 2.45) is 0 Å². The van der Waals surface area contributed by atoms with Crippen LogP contribution in [-0.4, -0.2) is 24.5 Å². The summed E-state index contributed by atoms with van der Waals surface area (Å²) in [5.74, 6) is -0.124. The molecule has 7 nitrogen and oxygen atoms in total. The highest BCUT2D eigenvalue weighted by atomic mass is 16.6. The fraction of sp³-hybridized carbons (Fsp3) is 0.150. The molecule has 0 fully saturated rings. The fourth-order valence-corrected chi connectivity index (χ4v) is 2.83. The Balaban J connectivity index is 2.05. The lowest BCUT2D eigenvalue weighted by Crippen LogP contribution is -2.15. The van der Waals surface area contributed by atoms with E-state index < -0.39 is 10.8 Å². The predicted octanol–water partition coefficient (Wildman–Crippen LogP) is 4.41. The molecular formula is C20H18N2O5. The second-order valence-electron chi connectivity index (χ2n) is 5.69. The molecule has 27 heavy (non-hydrogen) atoms. The Morgan fingerprint density at radius 2 is 1.85 bits per heavy atom. The Kier molecular flexibility index (Phi) is 5.21. The van der Waals surface area contributed by atoms with E-state index in [2.05, 4.69) is 5.32 Å². The predicted molar refractivity (Wildman–Crippen MR) is 103 cm³/mol. The maximum absolute atomic E-state index is 12.8. The highest BCUT2D eigenvalue weighted by Crippen LogP contribution is 2.35. The Morgan fingerprint density at radius 3 is 2.56 bits per heavy atom. The number of amides is 1. The van der Waals surface area contributed by atoms with E-state index in [1.807, 2.05) is 36.4 Å². The fourth-order valence-electron chi connectivity index (χ4n) is 2.83. The van der Waals surface area contributed by atoms with Crippen LogP contribution in [0.1, 0.15) is 17.3 Å². The maximum Gasteiger partial charge on any atom is 0.286 e. The third-order valence-corrected chi connectivity index (χ3v) is 4.06. The molecule has 0 spiro atoms. The zero-order valence-corrected chi connectivity index (χ0v) is 14.9. The highest BCUT2D eigenvalue weighted by Gasteiger charge is 2.25. The molecule has 1 N–H and O–H groups in total. The summed E-state index contributed by atoms with van der Waals surface area (Å²) in [6, 6.07) is 15.6. The molecule has 138 valence electrons. The Labute approximate surface area is 155 Å². The summed E-state index contributed by atoms with van der Waals surface area (Å²) in [6.07, 6.45) is 0. The molecule has 3 aromatic carbocycles. The van der Waals surface area contributed by atoms with Gasteiger partial charge in [-0.25, -0.2) is 0 Å². The summed E-state index contributed by atoms with van der Waals surface area (Å²) in [7, 11) is 1.39. The number of nitro groups is 1. The summed E-state index contributed by atoms with van der Waals surface area (Å²) >= 11 is 0. The van der Waals surface area contributed by atoms with Crippen molar-refractivity contribution < 1.29 is 19.2 Å². The second kappa shape index (κ2) is 7.74. The second-order valence-corrected chi connectivity index (χ2v) is 5.69. The first-order valence-corrected chi connectivity index (χ1v) is 8.33. The number of ether oxygens (including phenoxy) is 2. The third kappa shape index (κ3) is 3.67. The molecular weight excluding hydrogens is 348 g/mol. The molecule has 3 rings (SSSR count). The minimum Gasteiger partial charge on any atom is -0.493 e. The van der Waals surface area contributed by atoms with Crippen LogP contribution in [0, 0.1) is 10.1 Å².